The molecule has 0 aromatic carbocycles. The van der Waals surface area contributed by atoms with E-state index in [0.29, 0.717) is 17.7 Å². The van der Waals surface area contributed by atoms with E-state index in [0.717, 1.165) is 6.61 Å². The first-order chi connectivity index (χ1) is 6.59. The Labute approximate surface area is 87.6 Å². The Morgan fingerprint density at radius 2 is 1.93 bits per heavy atom. The molecule has 1 saturated carbocycles. The molecule has 0 N–H and O–H groups in total. The maximum Gasteiger partial charge on any atom is 0.0730 e. The number of nitrogens with zero attached hydrogens (tertiary/aromatic N) is 1. The van der Waals surface area contributed by atoms with Crippen LogP contribution < -0.4 is 0 Å². The van der Waals surface area contributed by atoms with E-state index in [-0.39, 0.29) is 0 Å². The first-order valence-corrected chi connectivity index (χ1v) is 5.97. The van der Waals surface area contributed by atoms with Gasteiger partial charge in [-0.1, -0.05) is 0 Å². The van der Waals surface area contributed by atoms with Gasteiger partial charge in [-0.3, -0.25) is 4.90 Å². The SMILES string of the molecule is CC(C)(C)N1CCCO[C@H]2CCC[C@@H]21. The van der Waals surface area contributed by atoms with E-state index >= 15 is 0 Å². The summed E-state index contributed by atoms with van der Waals surface area (Å²) >= 11 is 0. The van der Waals surface area contributed by atoms with Crippen LogP contribution in [0.3, 0.4) is 0 Å². The Balaban J connectivity index is 2.13. The average molecular weight is 197 g/mol. The molecule has 0 spiro atoms. The Hall–Kier alpha value is -0.0800. The molecule has 0 aromatic heterocycles. The van der Waals surface area contributed by atoms with Gasteiger partial charge >= 0.3 is 0 Å². The molecule has 1 heterocycles. The lowest BCUT2D eigenvalue weighted by Gasteiger charge is -2.40. The van der Waals surface area contributed by atoms with Crippen molar-refractivity contribution >= 4 is 0 Å². The fourth-order valence-corrected chi connectivity index (χ4v) is 2.93. The molecule has 1 aliphatic carbocycles. The fourth-order valence-electron chi connectivity index (χ4n) is 2.93. The summed E-state index contributed by atoms with van der Waals surface area (Å²) in [4.78, 5) is 2.66. The second-order valence-electron chi connectivity index (χ2n) is 5.63. The Kier molecular flexibility index (Phi) is 2.85. The number of hydrogen-bond donors (Lipinski definition) is 0. The maximum atomic E-state index is 5.91. The molecule has 0 radical (unpaired) electrons. The third-order valence-electron chi connectivity index (χ3n) is 3.55. The van der Waals surface area contributed by atoms with Gasteiger partial charge in [-0.05, 0) is 46.5 Å². The number of ether oxygens (including phenoxy) is 1. The van der Waals surface area contributed by atoms with Gasteiger partial charge in [0.25, 0.3) is 0 Å². The van der Waals surface area contributed by atoms with Gasteiger partial charge in [0.05, 0.1) is 6.10 Å². The van der Waals surface area contributed by atoms with Crippen LogP contribution in [0.1, 0.15) is 46.5 Å². The molecule has 2 heteroatoms. The van der Waals surface area contributed by atoms with Crippen molar-refractivity contribution in [3.05, 3.63) is 0 Å². The minimum Gasteiger partial charge on any atom is -0.377 e. The maximum absolute atomic E-state index is 5.91. The van der Waals surface area contributed by atoms with E-state index in [1.165, 1.54) is 32.2 Å². The van der Waals surface area contributed by atoms with Gasteiger partial charge in [0.1, 0.15) is 0 Å². The lowest BCUT2D eigenvalue weighted by molar-refractivity contribution is 0.00736. The zero-order chi connectivity index (χ0) is 10.2. The van der Waals surface area contributed by atoms with Crippen molar-refractivity contribution in [2.24, 2.45) is 0 Å². The monoisotopic (exact) mass is 197 g/mol. The van der Waals surface area contributed by atoms with Crippen LogP contribution in [0.2, 0.25) is 0 Å². The van der Waals surface area contributed by atoms with Crippen molar-refractivity contribution in [2.75, 3.05) is 13.2 Å². The molecule has 0 bridgehead atoms. The van der Waals surface area contributed by atoms with Crippen LogP contribution in [0, 0.1) is 0 Å². The molecule has 2 aliphatic rings. The normalized spacial score (nSPS) is 35.4. The lowest BCUT2D eigenvalue weighted by Crippen LogP contribution is -2.50. The topological polar surface area (TPSA) is 12.5 Å². The second kappa shape index (κ2) is 3.82. The first-order valence-electron chi connectivity index (χ1n) is 5.97. The fraction of sp³-hybridized carbons (Fsp3) is 1.00. The molecular weight excluding hydrogens is 174 g/mol. The van der Waals surface area contributed by atoms with Gasteiger partial charge in [0.15, 0.2) is 0 Å². The summed E-state index contributed by atoms with van der Waals surface area (Å²) in [5.41, 5.74) is 0.307. The van der Waals surface area contributed by atoms with Crippen molar-refractivity contribution in [1.82, 2.24) is 4.90 Å². The summed E-state index contributed by atoms with van der Waals surface area (Å²) < 4.78 is 5.91. The predicted octanol–water partition coefficient (Wildman–Crippen LogP) is 2.43. The van der Waals surface area contributed by atoms with Gasteiger partial charge < -0.3 is 4.74 Å². The predicted molar refractivity (Wildman–Crippen MR) is 58.5 cm³/mol. The van der Waals surface area contributed by atoms with Crippen molar-refractivity contribution in [2.45, 2.75) is 64.1 Å². The highest BCUT2D eigenvalue weighted by atomic mass is 16.5. The summed E-state index contributed by atoms with van der Waals surface area (Å²) in [5.74, 6) is 0. The van der Waals surface area contributed by atoms with E-state index in [9.17, 15) is 0 Å². The van der Waals surface area contributed by atoms with E-state index in [4.69, 9.17) is 4.74 Å². The molecule has 2 nitrogen and oxygen atoms in total. The molecule has 1 saturated heterocycles. The first kappa shape index (κ1) is 10.4. The summed E-state index contributed by atoms with van der Waals surface area (Å²) in [7, 11) is 0. The molecule has 82 valence electrons. The molecule has 2 atom stereocenters. The molecule has 2 rings (SSSR count). The molecule has 1 aliphatic heterocycles. The Morgan fingerprint density at radius 1 is 1.14 bits per heavy atom. The minimum absolute atomic E-state index is 0.307. The van der Waals surface area contributed by atoms with Gasteiger partial charge in [0.2, 0.25) is 0 Å². The van der Waals surface area contributed by atoms with Crippen LogP contribution in [-0.2, 0) is 4.74 Å². The Morgan fingerprint density at radius 3 is 2.64 bits per heavy atom. The second-order valence-corrected chi connectivity index (χ2v) is 5.63. The quantitative estimate of drug-likeness (QED) is 0.591. The summed E-state index contributed by atoms with van der Waals surface area (Å²) in [6, 6.07) is 0.692. The van der Waals surface area contributed by atoms with Crippen molar-refractivity contribution in [1.29, 1.82) is 0 Å². The van der Waals surface area contributed by atoms with Crippen LogP contribution in [0.5, 0.6) is 0 Å². The largest absolute Gasteiger partial charge is 0.377 e. The zero-order valence-electron chi connectivity index (χ0n) is 9.75. The van der Waals surface area contributed by atoms with E-state index < -0.39 is 0 Å². The number of hydrogen-bond acceptors (Lipinski definition) is 2. The Bertz CT molecular complexity index is 197. The van der Waals surface area contributed by atoms with E-state index in [2.05, 4.69) is 25.7 Å². The molecule has 0 aromatic rings. The van der Waals surface area contributed by atoms with Crippen molar-refractivity contribution in [3.63, 3.8) is 0 Å². The van der Waals surface area contributed by atoms with Crippen LogP contribution in [0.15, 0.2) is 0 Å². The molecule has 2 fully saturated rings. The summed E-state index contributed by atoms with van der Waals surface area (Å²) in [5, 5.41) is 0. The summed E-state index contributed by atoms with van der Waals surface area (Å²) in [6.07, 6.45) is 5.68. The third-order valence-corrected chi connectivity index (χ3v) is 3.55. The lowest BCUT2D eigenvalue weighted by atomic mass is 10.0. The smallest absolute Gasteiger partial charge is 0.0730 e. The van der Waals surface area contributed by atoms with Gasteiger partial charge in [0, 0.05) is 24.7 Å². The van der Waals surface area contributed by atoms with Crippen molar-refractivity contribution in [3.8, 4) is 0 Å². The van der Waals surface area contributed by atoms with Crippen molar-refractivity contribution < 1.29 is 4.74 Å². The zero-order valence-corrected chi connectivity index (χ0v) is 9.75. The molecule has 0 unspecified atom stereocenters. The van der Waals surface area contributed by atoms with Gasteiger partial charge in [-0.15, -0.1) is 0 Å². The van der Waals surface area contributed by atoms with E-state index in [1.54, 1.807) is 0 Å². The molecule has 14 heavy (non-hydrogen) atoms. The third kappa shape index (κ3) is 1.96. The molecule has 0 amide bonds. The van der Waals surface area contributed by atoms with Crippen LogP contribution in [-0.4, -0.2) is 35.7 Å². The summed E-state index contributed by atoms with van der Waals surface area (Å²) in [6.45, 7) is 9.16. The molecular formula is C12H23NO. The average Bonchev–Trinajstić information content (AvgIpc) is 2.42. The number of fused-ring (bicyclic) bond motifs is 1. The highest BCUT2D eigenvalue weighted by Crippen LogP contribution is 2.33. The highest BCUT2D eigenvalue weighted by molar-refractivity contribution is 4.93. The van der Waals surface area contributed by atoms with Crippen LogP contribution in [0.25, 0.3) is 0 Å². The number of rotatable bonds is 0. The van der Waals surface area contributed by atoms with Crippen LogP contribution in [0.4, 0.5) is 0 Å². The van der Waals surface area contributed by atoms with Gasteiger partial charge in [-0.2, -0.15) is 0 Å². The highest BCUT2D eigenvalue weighted by Gasteiger charge is 2.38. The van der Waals surface area contributed by atoms with Gasteiger partial charge in [-0.25, -0.2) is 0 Å². The minimum atomic E-state index is 0.307. The van der Waals surface area contributed by atoms with E-state index in [1.807, 2.05) is 0 Å². The standard InChI is InChI=1S/C12H23NO/c1-12(2,3)13-8-5-9-14-11-7-4-6-10(11)13/h10-11H,4-9H2,1-3H3/t10-,11-/m0/s1. The van der Waals surface area contributed by atoms with Crippen LogP contribution >= 0.6 is 0 Å².